The van der Waals surface area contributed by atoms with Crippen molar-refractivity contribution in [2.24, 2.45) is 0 Å². The third-order valence-corrected chi connectivity index (χ3v) is 2.67. The Morgan fingerprint density at radius 2 is 1.61 bits per heavy atom. The van der Waals surface area contributed by atoms with Gasteiger partial charge < -0.3 is 5.11 Å². The van der Waals surface area contributed by atoms with Gasteiger partial charge in [0, 0.05) is 5.56 Å². The van der Waals surface area contributed by atoms with E-state index >= 15 is 0 Å². The number of aromatic hydroxyl groups is 1. The third kappa shape index (κ3) is 2.86. The zero-order chi connectivity index (χ0) is 13.0. The summed E-state index contributed by atoms with van der Waals surface area (Å²) in [5, 5.41) is 9.19. The Labute approximate surface area is 106 Å². The van der Waals surface area contributed by atoms with Crippen LogP contribution in [0.25, 0.3) is 6.08 Å². The number of rotatable bonds is 3. The van der Waals surface area contributed by atoms with Gasteiger partial charge in [-0.05, 0) is 48.4 Å². The van der Waals surface area contributed by atoms with Crippen LogP contribution in [0.15, 0.2) is 60.2 Å². The summed E-state index contributed by atoms with van der Waals surface area (Å²) in [7, 11) is 0. The van der Waals surface area contributed by atoms with E-state index in [4.69, 9.17) is 0 Å². The van der Waals surface area contributed by atoms with Gasteiger partial charge in [0.15, 0.2) is 5.78 Å². The van der Waals surface area contributed by atoms with Crippen molar-refractivity contribution in [1.82, 2.24) is 0 Å². The molecule has 0 bridgehead atoms. The molecule has 90 valence electrons. The quantitative estimate of drug-likeness (QED) is 0.654. The zero-order valence-corrected chi connectivity index (χ0v) is 10.1. The van der Waals surface area contributed by atoms with Gasteiger partial charge in [-0.1, -0.05) is 30.3 Å². The van der Waals surface area contributed by atoms with Gasteiger partial charge in [-0.2, -0.15) is 0 Å². The molecule has 2 nitrogen and oxygen atoms in total. The van der Waals surface area contributed by atoms with Crippen LogP contribution < -0.4 is 0 Å². The fourth-order valence-electron chi connectivity index (χ4n) is 1.71. The van der Waals surface area contributed by atoms with Crippen molar-refractivity contribution in [3.05, 3.63) is 71.3 Å². The lowest BCUT2D eigenvalue weighted by molar-refractivity contribution is 0.103. The number of Topliss-reactive ketones (excluding diaryl/α,β-unsaturated/α-hetero) is 1. The van der Waals surface area contributed by atoms with Crippen LogP contribution in [0.2, 0.25) is 0 Å². The highest BCUT2D eigenvalue weighted by atomic mass is 16.3. The maximum Gasteiger partial charge on any atom is 0.188 e. The molecule has 0 aliphatic carbocycles. The first kappa shape index (κ1) is 12.1. The topological polar surface area (TPSA) is 37.3 Å². The van der Waals surface area contributed by atoms with E-state index in [1.807, 2.05) is 36.4 Å². The predicted octanol–water partition coefficient (Wildman–Crippen LogP) is 3.68. The minimum atomic E-state index is -0.0288. The van der Waals surface area contributed by atoms with E-state index in [0.29, 0.717) is 11.1 Å². The van der Waals surface area contributed by atoms with Crippen molar-refractivity contribution in [3.63, 3.8) is 0 Å². The summed E-state index contributed by atoms with van der Waals surface area (Å²) < 4.78 is 0. The molecule has 2 heteroatoms. The number of carbonyl (C=O) groups is 1. The highest BCUT2D eigenvalue weighted by molar-refractivity contribution is 6.10. The second kappa shape index (κ2) is 5.32. The maximum absolute atomic E-state index is 12.1. The molecule has 1 N–H and O–H groups in total. The number of phenols is 1. The number of carbonyl (C=O) groups excluding carboxylic acids is 1. The Kier molecular flexibility index (Phi) is 3.58. The van der Waals surface area contributed by atoms with Crippen molar-refractivity contribution in [2.75, 3.05) is 0 Å². The average molecular weight is 238 g/mol. The first-order valence-electron chi connectivity index (χ1n) is 5.74. The summed E-state index contributed by atoms with van der Waals surface area (Å²) >= 11 is 0. The molecule has 2 rings (SSSR count). The van der Waals surface area contributed by atoms with E-state index in [-0.39, 0.29) is 11.5 Å². The lowest BCUT2D eigenvalue weighted by atomic mass is 10.0. The van der Waals surface area contributed by atoms with Gasteiger partial charge in [0.1, 0.15) is 5.75 Å². The molecule has 2 aromatic carbocycles. The van der Waals surface area contributed by atoms with Crippen molar-refractivity contribution < 1.29 is 9.90 Å². The van der Waals surface area contributed by atoms with Crippen LogP contribution in [-0.2, 0) is 0 Å². The Morgan fingerprint density at radius 1 is 1.00 bits per heavy atom. The fourth-order valence-corrected chi connectivity index (χ4v) is 1.71. The number of benzene rings is 2. The molecule has 0 radical (unpaired) electrons. The summed E-state index contributed by atoms with van der Waals surface area (Å²) in [6, 6.07) is 16.0. The van der Waals surface area contributed by atoms with Crippen LogP contribution in [-0.4, -0.2) is 10.9 Å². The molecule has 0 heterocycles. The molecule has 18 heavy (non-hydrogen) atoms. The van der Waals surface area contributed by atoms with Crippen LogP contribution in [0.5, 0.6) is 5.75 Å². The van der Waals surface area contributed by atoms with Crippen molar-refractivity contribution in [3.8, 4) is 5.75 Å². The molecule has 0 atom stereocenters. The molecule has 0 aliphatic heterocycles. The largest absolute Gasteiger partial charge is 0.508 e. The summed E-state index contributed by atoms with van der Waals surface area (Å²) in [4.78, 5) is 12.1. The highest BCUT2D eigenvalue weighted by Crippen LogP contribution is 2.15. The number of hydrogen-bond acceptors (Lipinski definition) is 2. The van der Waals surface area contributed by atoms with Gasteiger partial charge in [-0.3, -0.25) is 4.79 Å². The van der Waals surface area contributed by atoms with Crippen molar-refractivity contribution in [1.29, 1.82) is 0 Å². The van der Waals surface area contributed by atoms with Gasteiger partial charge in [0.2, 0.25) is 0 Å². The number of allylic oxidation sites excluding steroid dienone is 1. The summed E-state index contributed by atoms with van der Waals surface area (Å²) in [6.07, 6.45) is 1.86. The highest BCUT2D eigenvalue weighted by Gasteiger charge is 2.07. The van der Waals surface area contributed by atoms with E-state index in [0.717, 1.165) is 5.56 Å². The molecule has 0 saturated heterocycles. The van der Waals surface area contributed by atoms with E-state index in [9.17, 15) is 9.90 Å². The molecule has 0 spiro atoms. The van der Waals surface area contributed by atoms with Gasteiger partial charge >= 0.3 is 0 Å². The normalized spacial score (nSPS) is 11.3. The Hall–Kier alpha value is -2.35. The predicted molar refractivity (Wildman–Crippen MR) is 72.5 cm³/mol. The smallest absolute Gasteiger partial charge is 0.188 e. The van der Waals surface area contributed by atoms with Gasteiger partial charge in [-0.15, -0.1) is 0 Å². The monoisotopic (exact) mass is 238 g/mol. The van der Waals surface area contributed by atoms with Crippen LogP contribution in [0.3, 0.4) is 0 Å². The standard InChI is InChI=1S/C16H14O2/c1-12(11-13-5-3-2-4-6-13)16(18)14-7-9-15(17)10-8-14/h2-11,17H,1H3/b12-11+. The minimum absolute atomic E-state index is 0.0288. The maximum atomic E-state index is 12.1. The van der Waals surface area contributed by atoms with Gasteiger partial charge in [0.25, 0.3) is 0 Å². The van der Waals surface area contributed by atoms with Gasteiger partial charge in [0.05, 0.1) is 0 Å². The lowest BCUT2D eigenvalue weighted by Gasteiger charge is -2.02. The van der Waals surface area contributed by atoms with Crippen LogP contribution in [0.1, 0.15) is 22.8 Å². The Bertz CT molecular complexity index is 566. The molecular weight excluding hydrogens is 224 g/mol. The molecule has 0 aliphatic rings. The van der Waals surface area contributed by atoms with Crippen LogP contribution >= 0.6 is 0 Å². The molecule has 0 amide bonds. The molecular formula is C16H14O2. The Balaban J connectivity index is 2.24. The van der Waals surface area contributed by atoms with E-state index < -0.39 is 0 Å². The van der Waals surface area contributed by atoms with E-state index in [1.54, 1.807) is 19.1 Å². The van der Waals surface area contributed by atoms with E-state index in [2.05, 4.69) is 0 Å². The summed E-state index contributed by atoms with van der Waals surface area (Å²) in [5.74, 6) is 0.134. The first-order valence-corrected chi connectivity index (χ1v) is 5.74. The van der Waals surface area contributed by atoms with Crippen LogP contribution in [0.4, 0.5) is 0 Å². The molecule has 0 fully saturated rings. The Morgan fingerprint density at radius 3 is 2.22 bits per heavy atom. The molecule has 0 aromatic heterocycles. The number of hydrogen-bond donors (Lipinski definition) is 1. The van der Waals surface area contributed by atoms with Crippen molar-refractivity contribution in [2.45, 2.75) is 6.92 Å². The zero-order valence-electron chi connectivity index (χ0n) is 10.1. The molecule has 0 saturated carbocycles. The lowest BCUT2D eigenvalue weighted by Crippen LogP contribution is -1.99. The fraction of sp³-hybridized carbons (Fsp3) is 0.0625. The molecule has 0 unspecified atom stereocenters. The van der Waals surface area contributed by atoms with Crippen molar-refractivity contribution >= 4 is 11.9 Å². The number of ketones is 1. The second-order valence-corrected chi connectivity index (χ2v) is 4.11. The van der Waals surface area contributed by atoms with Crippen LogP contribution in [0, 0.1) is 0 Å². The first-order chi connectivity index (χ1) is 8.66. The molecule has 2 aromatic rings. The third-order valence-electron chi connectivity index (χ3n) is 2.67. The number of phenolic OH excluding ortho intramolecular Hbond substituents is 1. The minimum Gasteiger partial charge on any atom is -0.508 e. The average Bonchev–Trinajstić information content (AvgIpc) is 2.40. The SMILES string of the molecule is C/C(=C\c1ccccc1)C(=O)c1ccc(O)cc1. The summed E-state index contributed by atoms with van der Waals surface area (Å²) in [5.41, 5.74) is 2.26. The second-order valence-electron chi connectivity index (χ2n) is 4.11. The van der Waals surface area contributed by atoms with Gasteiger partial charge in [-0.25, -0.2) is 0 Å². The summed E-state index contributed by atoms with van der Waals surface area (Å²) in [6.45, 7) is 1.79. The van der Waals surface area contributed by atoms with E-state index in [1.165, 1.54) is 12.1 Å².